The van der Waals surface area contributed by atoms with Gasteiger partial charge in [0.1, 0.15) is 0 Å². The zero-order valence-electron chi connectivity index (χ0n) is 5.65. The molecule has 60 valence electrons. The van der Waals surface area contributed by atoms with Crippen LogP contribution in [0.2, 0.25) is 0 Å². The predicted octanol–water partition coefficient (Wildman–Crippen LogP) is 0.165. The molecule has 0 aliphatic carbocycles. The summed E-state index contributed by atoms with van der Waals surface area (Å²) in [5, 5.41) is 0. The zero-order chi connectivity index (χ0) is 9.41. The largest absolute Gasteiger partial charge is 0.281 e. The second-order valence-corrected chi connectivity index (χ2v) is 0.471. The van der Waals surface area contributed by atoms with Crippen molar-refractivity contribution in [2.75, 3.05) is 0 Å². The zero-order valence-corrected chi connectivity index (χ0v) is 6.75. The van der Waals surface area contributed by atoms with E-state index in [4.69, 9.17) is 14.4 Å². The van der Waals surface area contributed by atoms with Gasteiger partial charge < -0.3 is 0 Å². The molecular formula is C7H6FeO3. The molecule has 0 saturated carbocycles. The smallest absolute Gasteiger partial charge is 0.281 e. The Morgan fingerprint density at radius 2 is 0.818 bits per heavy atom. The summed E-state index contributed by atoms with van der Waals surface area (Å²) in [4.78, 5) is 22.5. The second-order valence-electron chi connectivity index (χ2n) is 0.471. The molecule has 0 fully saturated rings. The van der Waals surface area contributed by atoms with E-state index in [2.05, 4.69) is 33.5 Å². The molecule has 3 nitrogen and oxygen atoms in total. The SMILES string of the molecule is C=CC=C.[C]=O.[C]=O.[C]=O.[Fe]. The van der Waals surface area contributed by atoms with Gasteiger partial charge in [-0.25, -0.2) is 0 Å². The van der Waals surface area contributed by atoms with Crippen LogP contribution in [-0.2, 0) is 31.5 Å². The summed E-state index contributed by atoms with van der Waals surface area (Å²) >= 11 is 0. The summed E-state index contributed by atoms with van der Waals surface area (Å²) in [5.74, 6) is 0. The third-order valence-electron chi connectivity index (χ3n) is 0.167. The van der Waals surface area contributed by atoms with E-state index in [1.165, 1.54) is 0 Å². The first kappa shape index (κ1) is 32.4. The molecule has 0 aliphatic rings. The molecule has 0 aliphatic heterocycles. The van der Waals surface area contributed by atoms with Crippen LogP contribution in [0.1, 0.15) is 0 Å². The van der Waals surface area contributed by atoms with Crippen molar-refractivity contribution in [2.45, 2.75) is 0 Å². The summed E-state index contributed by atoms with van der Waals surface area (Å²) in [6.45, 7) is 20.2. The van der Waals surface area contributed by atoms with Crippen LogP contribution in [-0.4, -0.2) is 20.4 Å². The Balaban J connectivity index is -0.0000000152. The van der Waals surface area contributed by atoms with Crippen LogP contribution >= 0.6 is 0 Å². The molecule has 0 amide bonds. The summed E-state index contributed by atoms with van der Waals surface area (Å²) < 4.78 is 0. The van der Waals surface area contributed by atoms with Crippen LogP contribution in [0.5, 0.6) is 0 Å². The minimum absolute atomic E-state index is 0. The number of hydrogen-bond acceptors (Lipinski definition) is 3. The van der Waals surface area contributed by atoms with E-state index >= 15 is 0 Å². The van der Waals surface area contributed by atoms with E-state index in [1.54, 1.807) is 12.2 Å². The maximum absolute atomic E-state index is 7.50. The average molecular weight is 194 g/mol. The third kappa shape index (κ3) is 4930000. The Bertz CT molecular complexity index is 56.0. The van der Waals surface area contributed by atoms with Crippen molar-refractivity contribution in [2.24, 2.45) is 0 Å². The van der Waals surface area contributed by atoms with E-state index in [1.807, 2.05) is 0 Å². The molecule has 0 unspecified atom stereocenters. The van der Waals surface area contributed by atoms with Crippen LogP contribution in [0.15, 0.2) is 25.3 Å². The number of hydrogen-bond donors (Lipinski definition) is 0. The van der Waals surface area contributed by atoms with Gasteiger partial charge in [-0.1, -0.05) is 25.3 Å². The minimum atomic E-state index is 0. The molecule has 0 aromatic heterocycles. The molecule has 0 atom stereocenters. The Morgan fingerprint density at radius 3 is 0.818 bits per heavy atom. The van der Waals surface area contributed by atoms with Crippen LogP contribution in [0, 0.1) is 0 Å². The average Bonchev–Trinajstić information content (AvgIpc) is 2.14. The first-order valence-electron chi connectivity index (χ1n) is 1.76. The summed E-state index contributed by atoms with van der Waals surface area (Å²) in [5.41, 5.74) is 0. The molecule has 0 bridgehead atoms. The van der Waals surface area contributed by atoms with E-state index in [9.17, 15) is 0 Å². The molecule has 6 radical (unpaired) electrons. The normalized spacial score (nSPS) is 2.91. The Labute approximate surface area is 77.6 Å². The van der Waals surface area contributed by atoms with Crippen molar-refractivity contribution >= 4 is 20.4 Å². The van der Waals surface area contributed by atoms with Gasteiger partial charge in [-0.3, -0.25) is 14.4 Å². The standard InChI is InChI=1S/C4H6.3CO.Fe/c1-3-4-2;3*1-2;/h3-4H,1-2H2;;;;. The van der Waals surface area contributed by atoms with Gasteiger partial charge in [-0.15, -0.1) is 0 Å². The topological polar surface area (TPSA) is 51.2 Å². The summed E-state index contributed by atoms with van der Waals surface area (Å²) in [7, 11) is 0. The fourth-order valence-corrected chi connectivity index (χ4v) is 0. The van der Waals surface area contributed by atoms with Crippen molar-refractivity contribution in [3.8, 4) is 0 Å². The molecule has 0 N–H and O–H groups in total. The van der Waals surface area contributed by atoms with Gasteiger partial charge in [-0.05, 0) is 0 Å². The monoisotopic (exact) mass is 194 g/mol. The Kier molecular flexibility index (Phi) is 1670. The van der Waals surface area contributed by atoms with Gasteiger partial charge in [0.25, 0.3) is 20.4 Å². The molecule has 0 aromatic rings. The third-order valence-corrected chi connectivity index (χ3v) is 0.167. The van der Waals surface area contributed by atoms with Crippen LogP contribution in [0.25, 0.3) is 0 Å². The number of rotatable bonds is 1. The van der Waals surface area contributed by atoms with E-state index in [0.29, 0.717) is 0 Å². The van der Waals surface area contributed by atoms with Crippen LogP contribution in [0.4, 0.5) is 0 Å². The van der Waals surface area contributed by atoms with E-state index in [-0.39, 0.29) is 17.1 Å². The van der Waals surface area contributed by atoms with Crippen LogP contribution < -0.4 is 0 Å². The summed E-state index contributed by atoms with van der Waals surface area (Å²) in [6.07, 6.45) is 3.28. The van der Waals surface area contributed by atoms with Gasteiger partial charge in [0.15, 0.2) is 0 Å². The van der Waals surface area contributed by atoms with Gasteiger partial charge in [0, 0.05) is 17.1 Å². The maximum atomic E-state index is 7.50. The predicted molar refractivity (Wildman–Crippen MR) is 37.5 cm³/mol. The van der Waals surface area contributed by atoms with Gasteiger partial charge in [0.2, 0.25) is 0 Å². The summed E-state index contributed by atoms with van der Waals surface area (Å²) in [6, 6.07) is 0. The van der Waals surface area contributed by atoms with Crippen molar-refractivity contribution in [1.29, 1.82) is 0 Å². The molecule has 0 heterocycles. The molecule has 0 aromatic carbocycles. The van der Waals surface area contributed by atoms with Crippen molar-refractivity contribution in [1.82, 2.24) is 0 Å². The van der Waals surface area contributed by atoms with E-state index in [0.717, 1.165) is 0 Å². The van der Waals surface area contributed by atoms with Crippen molar-refractivity contribution < 1.29 is 31.5 Å². The van der Waals surface area contributed by atoms with Crippen LogP contribution in [0.3, 0.4) is 0 Å². The first-order chi connectivity index (χ1) is 4.91. The van der Waals surface area contributed by atoms with Gasteiger partial charge >= 0.3 is 0 Å². The molecule has 0 spiro atoms. The molecule has 11 heavy (non-hydrogen) atoms. The molecule has 0 saturated heterocycles. The molecular weight excluding hydrogens is 188 g/mol. The van der Waals surface area contributed by atoms with Crippen molar-refractivity contribution in [3.63, 3.8) is 0 Å². The number of allylic oxidation sites excluding steroid dienone is 2. The molecule has 0 rings (SSSR count). The first-order valence-corrected chi connectivity index (χ1v) is 1.76. The van der Waals surface area contributed by atoms with Crippen molar-refractivity contribution in [3.05, 3.63) is 25.3 Å². The minimum Gasteiger partial charge on any atom is -0.281 e. The van der Waals surface area contributed by atoms with Gasteiger partial charge in [0.05, 0.1) is 0 Å². The number of carbonyl (C=O) groups excluding carboxylic acids is 3. The molecule has 4 heteroatoms. The maximum Gasteiger partial charge on any atom is 0.281 e. The van der Waals surface area contributed by atoms with E-state index < -0.39 is 0 Å². The van der Waals surface area contributed by atoms with Gasteiger partial charge in [-0.2, -0.15) is 0 Å². The Morgan fingerprint density at radius 1 is 0.727 bits per heavy atom. The fraction of sp³-hybridized carbons (Fsp3) is 0. The second kappa shape index (κ2) is 567. The Hall–Kier alpha value is -0.991. The quantitative estimate of drug-likeness (QED) is 0.441. The fourth-order valence-electron chi connectivity index (χ4n) is 0.